The molecule has 100 valence electrons. The van der Waals surface area contributed by atoms with Gasteiger partial charge in [0.2, 0.25) is 5.91 Å². The summed E-state index contributed by atoms with van der Waals surface area (Å²) in [6.45, 7) is 1.48. The summed E-state index contributed by atoms with van der Waals surface area (Å²) in [4.78, 5) is 15.6. The topological polar surface area (TPSA) is 72.4 Å². The number of hydrogen-bond donors (Lipinski definition) is 2. The lowest BCUT2D eigenvalue weighted by Crippen LogP contribution is -2.05. The summed E-state index contributed by atoms with van der Waals surface area (Å²) in [5, 5.41) is 2.75. The summed E-state index contributed by atoms with van der Waals surface area (Å²) in [5.74, 6) is 0.477. The molecule has 0 saturated heterocycles. The lowest BCUT2D eigenvalue weighted by Gasteiger charge is -2.04. The van der Waals surface area contributed by atoms with E-state index in [-0.39, 0.29) is 5.91 Å². The van der Waals surface area contributed by atoms with Gasteiger partial charge in [-0.05, 0) is 24.3 Å². The van der Waals surface area contributed by atoms with Crippen LogP contribution in [-0.4, -0.2) is 15.3 Å². The Bertz CT molecular complexity index is 791. The second-order valence-corrected chi connectivity index (χ2v) is 4.54. The van der Waals surface area contributed by atoms with Crippen LogP contribution >= 0.6 is 0 Å². The molecule has 5 nitrogen and oxygen atoms in total. The number of carbonyl (C=O) groups is 1. The first-order chi connectivity index (χ1) is 9.65. The Morgan fingerprint density at radius 2 is 2.10 bits per heavy atom. The van der Waals surface area contributed by atoms with E-state index >= 15 is 0 Å². The molecule has 0 aliphatic heterocycles. The molecule has 1 aromatic carbocycles. The lowest BCUT2D eigenvalue weighted by atomic mass is 10.1. The van der Waals surface area contributed by atoms with Gasteiger partial charge in [-0.1, -0.05) is 18.2 Å². The maximum atomic E-state index is 11.1. The minimum atomic E-state index is -0.106. The molecule has 0 radical (unpaired) electrons. The number of imidazole rings is 1. The average molecular weight is 266 g/mol. The largest absolute Gasteiger partial charge is 0.383 e. The van der Waals surface area contributed by atoms with Crippen molar-refractivity contribution in [2.24, 2.45) is 0 Å². The van der Waals surface area contributed by atoms with Crippen molar-refractivity contribution in [3.63, 3.8) is 0 Å². The zero-order valence-corrected chi connectivity index (χ0v) is 11.0. The summed E-state index contributed by atoms with van der Waals surface area (Å²) >= 11 is 0. The van der Waals surface area contributed by atoms with Crippen LogP contribution in [0.1, 0.15) is 6.92 Å². The second-order valence-electron chi connectivity index (χ2n) is 4.54. The van der Waals surface area contributed by atoms with Crippen molar-refractivity contribution < 1.29 is 4.79 Å². The number of hydrogen-bond acceptors (Lipinski definition) is 3. The number of rotatable bonds is 2. The molecular formula is C15H14N4O. The third-order valence-electron chi connectivity index (χ3n) is 3.02. The van der Waals surface area contributed by atoms with Crippen LogP contribution in [0.15, 0.2) is 48.7 Å². The predicted octanol–water partition coefficient (Wildman–Crippen LogP) is 2.54. The second kappa shape index (κ2) is 4.70. The Morgan fingerprint density at radius 3 is 2.85 bits per heavy atom. The number of amides is 1. The van der Waals surface area contributed by atoms with E-state index in [1.165, 1.54) is 6.92 Å². The van der Waals surface area contributed by atoms with E-state index < -0.39 is 0 Å². The Kier molecular flexibility index (Phi) is 2.87. The van der Waals surface area contributed by atoms with Gasteiger partial charge in [-0.2, -0.15) is 0 Å². The third-order valence-corrected chi connectivity index (χ3v) is 3.02. The van der Waals surface area contributed by atoms with Crippen molar-refractivity contribution in [3.8, 4) is 11.3 Å². The van der Waals surface area contributed by atoms with Gasteiger partial charge in [0.25, 0.3) is 0 Å². The molecule has 3 aromatic rings. The van der Waals surface area contributed by atoms with Gasteiger partial charge in [0, 0.05) is 24.4 Å². The van der Waals surface area contributed by atoms with Crippen LogP contribution < -0.4 is 11.1 Å². The third kappa shape index (κ3) is 2.09. The van der Waals surface area contributed by atoms with Crippen molar-refractivity contribution >= 4 is 23.1 Å². The van der Waals surface area contributed by atoms with Gasteiger partial charge >= 0.3 is 0 Å². The highest BCUT2D eigenvalue weighted by molar-refractivity contribution is 5.90. The number of nitrogen functional groups attached to an aromatic ring is 1. The number of pyridine rings is 1. The monoisotopic (exact) mass is 266 g/mol. The Labute approximate surface area is 116 Å². The quantitative estimate of drug-likeness (QED) is 0.748. The average Bonchev–Trinajstić information content (AvgIpc) is 2.76. The van der Waals surface area contributed by atoms with Crippen LogP contribution in [0.3, 0.4) is 0 Å². The summed E-state index contributed by atoms with van der Waals surface area (Å²) in [6.07, 6.45) is 1.87. The first-order valence-corrected chi connectivity index (χ1v) is 6.26. The number of nitrogens with zero attached hydrogens (tertiary/aromatic N) is 2. The van der Waals surface area contributed by atoms with Crippen LogP contribution in [0.2, 0.25) is 0 Å². The molecule has 0 aliphatic carbocycles. The fourth-order valence-corrected chi connectivity index (χ4v) is 2.17. The van der Waals surface area contributed by atoms with E-state index in [1.54, 1.807) is 0 Å². The smallest absolute Gasteiger partial charge is 0.221 e. The molecule has 1 amide bonds. The summed E-state index contributed by atoms with van der Waals surface area (Å²) in [7, 11) is 0. The first kappa shape index (κ1) is 12.2. The zero-order chi connectivity index (χ0) is 14.1. The summed E-state index contributed by atoms with van der Waals surface area (Å²) < 4.78 is 1.83. The number of fused-ring (bicyclic) bond motifs is 1. The Hall–Kier alpha value is -2.82. The number of nitrogens with one attached hydrogen (secondary N) is 1. The van der Waals surface area contributed by atoms with Gasteiger partial charge < -0.3 is 11.1 Å². The standard InChI is InChI=1S/C15H14N4O/c1-10(20)17-12-6-4-5-11(9-12)14-15(16)19-8-3-2-7-13(19)18-14/h2-9H,16H2,1H3,(H,17,20). The maximum Gasteiger partial charge on any atom is 0.221 e. The Balaban J connectivity index is 2.11. The molecular weight excluding hydrogens is 252 g/mol. The van der Waals surface area contributed by atoms with E-state index in [1.807, 2.05) is 53.1 Å². The summed E-state index contributed by atoms with van der Waals surface area (Å²) in [5.41, 5.74) is 9.24. The highest BCUT2D eigenvalue weighted by atomic mass is 16.1. The van der Waals surface area contributed by atoms with Gasteiger partial charge in [-0.25, -0.2) is 4.98 Å². The van der Waals surface area contributed by atoms with Crippen molar-refractivity contribution in [1.82, 2.24) is 9.38 Å². The highest BCUT2D eigenvalue weighted by Gasteiger charge is 2.11. The SMILES string of the molecule is CC(=O)Nc1cccc(-c2nc3ccccn3c2N)c1. The van der Waals surface area contributed by atoms with Crippen LogP contribution in [-0.2, 0) is 4.79 Å². The van der Waals surface area contributed by atoms with Crippen LogP contribution in [0.25, 0.3) is 16.9 Å². The maximum absolute atomic E-state index is 11.1. The molecule has 0 unspecified atom stereocenters. The molecule has 2 aromatic heterocycles. The highest BCUT2D eigenvalue weighted by Crippen LogP contribution is 2.28. The normalized spacial score (nSPS) is 10.7. The van der Waals surface area contributed by atoms with Gasteiger partial charge in [-0.3, -0.25) is 9.20 Å². The van der Waals surface area contributed by atoms with Crippen molar-refractivity contribution in [3.05, 3.63) is 48.7 Å². The van der Waals surface area contributed by atoms with Gasteiger partial charge in [0.05, 0.1) is 0 Å². The molecule has 0 spiro atoms. The fourth-order valence-electron chi connectivity index (χ4n) is 2.17. The number of benzene rings is 1. The molecule has 0 fully saturated rings. The molecule has 3 rings (SSSR count). The number of nitrogens with two attached hydrogens (primary N) is 1. The predicted molar refractivity (Wildman–Crippen MR) is 79.3 cm³/mol. The molecule has 20 heavy (non-hydrogen) atoms. The van der Waals surface area contributed by atoms with Crippen LogP contribution in [0.4, 0.5) is 11.5 Å². The van der Waals surface area contributed by atoms with Gasteiger partial charge in [0.15, 0.2) is 0 Å². The van der Waals surface area contributed by atoms with Crippen molar-refractivity contribution in [1.29, 1.82) is 0 Å². The molecule has 0 aliphatic rings. The lowest BCUT2D eigenvalue weighted by molar-refractivity contribution is -0.114. The van der Waals surface area contributed by atoms with Crippen molar-refractivity contribution in [2.75, 3.05) is 11.1 Å². The van der Waals surface area contributed by atoms with E-state index in [2.05, 4.69) is 10.3 Å². The number of carbonyl (C=O) groups excluding carboxylic acids is 1. The zero-order valence-electron chi connectivity index (χ0n) is 11.0. The minimum Gasteiger partial charge on any atom is -0.383 e. The Morgan fingerprint density at radius 1 is 1.25 bits per heavy atom. The van der Waals surface area contributed by atoms with E-state index in [4.69, 9.17) is 5.73 Å². The molecule has 0 bridgehead atoms. The van der Waals surface area contributed by atoms with E-state index in [0.717, 1.165) is 16.9 Å². The molecule has 3 N–H and O–H groups in total. The minimum absolute atomic E-state index is 0.106. The van der Waals surface area contributed by atoms with Crippen LogP contribution in [0.5, 0.6) is 0 Å². The van der Waals surface area contributed by atoms with Crippen LogP contribution in [0, 0.1) is 0 Å². The molecule has 0 saturated carbocycles. The summed E-state index contributed by atoms with van der Waals surface area (Å²) in [6, 6.07) is 13.2. The number of anilines is 2. The first-order valence-electron chi connectivity index (χ1n) is 6.26. The van der Waals surface area contributed by atoms with Gasteiger partial charge in [0.1, 0.15) is 17.2 Å². The molecule has 2 heterocycles. The molecule has 0 atom stereocenters. The van der Waals surface area contributed by atoms with Crippen molar-refractivity contribution in [2.45, 2.75) is 6.92 Å². The van der Waals surface area contributed by atoms with E-state index in [0.29, 0.717) is 11.5 Å². The molecule has 5 heteroatoms. The number of aromatic nitrogens is 2. The van der Waals surface area contributed by atoms with E-state index in [9.17, 15) is 4.79 Å². The fraction of sp³-hybridized carbons (Fsp3) is 0.0667. The van der Waals surface area contributed by atoms with Gasteiger partial charge in [-0.15, -0.1) is 0 Å².